The van der Waals surface area contributed by atoms with Gasteiger partial charge in [0.25, 0.3) is 11.8 Å². The van der Waals surface area contributed by atoms with Gasteiger partial charge in [-0.1, -0.05) is 0 Å². The Morgan fingerprint density at radius 1 is 0.720 bits per heavy atom. The van der Waals surface area contributed by atoms with Gasteiger partial charge in [0.15, 0.2) is 0 Å². The number of methoxy groups -OCH3 is 2. The normalized spacial score (nSPS) is 18.0. The lowest BCUT2D eigenvalue weighted by Gasteiger charge is -2.27. The van der Waals surface area contributed by atoms with Gasteiger partial charge >= 0.3 is 0 Å². The zero-order chi connectivity index (χ0) is 17.6. The summed E-state index contributed by atoms with van der Waals surface area (Å²) in [5, 5.41) is 2.94. The molecule has 4 rings (SSSR count). The van der Waals surface area contributed by atoms with Crippen molar-refractivity contribution in [3.63, 3.8) is 0 Å². The van der Waals surface area contributed by atoms with E-state index in [4.69, 9.17) is 9.47 Å². The zero-order valence-electron chi connectivity index (χ0n) is 14.1. The first kappa shape index (κ1) is 15.5. The number of amides is 2. The monoisotopic (exact) mass is 338 g/mol. The average molecular weight is 338 g/mol. The first-order valence-corrected chi connectivity index (χ1v) is 8.08. The number of hydrazine groups is 1. The van der Waals surface area contributed by atoms with Gasteiger partial charge in [0, 0.05) is 0 Å². The molecule has 0 bridgehead atoms. The second-order valence-electron chi connectivity index (χ2n) is 6.21. The molecule has 2 amide bonds. The summed E-state index contributed by atoms with van der Waals surface area (Å²) >= 11 is 0. The number of nitrogens with zero attached hydrogens (tertiary/aromatic N) is 2. The number of hydrogen-bond donors (Lipinski definition) is 0. The highest BCUT2D eigenvalue weighted by Crippen LogP contribution is 2.54. The van der Waals surface area contributed by atoms with Crippen molar-refractivity contribution in [2.45, 2.75) is 12.8 Å². The van der Waals surface area contributed by atoms with Crippen molar-refractivity contribution in [1.29, 1.82) is 0 Å². The standard InChI is InChI=1S/C19H18N2O4/c1-24-15-7-3-13(4-8-15)20-17(22)19(11-12-19)18(23)21(20)14-5-9-16(25-2)10-6-14/h3-10H,11-12H2,1-2H3. The molecule has 2 aromatic carbocycles. The first-order valence-electron chi connectivity index (χ1n) is 8.08. The Morgan fingerprint density at radius 3 is 1.36 bits per heavy atom. The van der Waals surface area contributed by atoms with Gasteiger partial charge in [0.2, 0.25) is 0 Å². The zero-order valence-corrected chi connectivity index (χ0v) is 14.1. The summed E-state index contributed by atoms with van der Waals surface area (Å²) in [5.74, 6) is 1.05. The second-order valence-corrected chi connectivity index (χ2v) is 6.21. The van der Waals surface area contributed by atoms with Gasteiger partial charge in [-0.2, -0.15) is 0 Å². The molecule has 0 radical (unpaired) electrons. The van der Waals surface area contributed by atoms with Crippen molar-refractivity contribution in [3.8, 4) is 11.5 Å². The number of ether oxygens (including phenoxy) is 2. The Hall–Kier alpha value is -3.02. The Bertz CT molecular complexity index is 758. The van der Waals surface area contributed by atoms with Gasteiger partial charge in [0.1, 0.15) is 16.9 Å². The Labute approximate surface area is 145 Å². The predicted molar refractivity (Wildman–Crippen MR) is 92.6 cm³/mol. The van der Waals surface area contributed by atoms with Crippen LogP contribution >= 0.6 is 0 Å². The summed E-state index contributed by atoms with van der Waals surface area (Å²) < 4.78 is 10.3. The Balaban J connectivity index is 1.77. The fourth-order valence-electron chi connectivity index (χ4n) is 3.14. The van der Waals surface area contributed by atoms with Gasteiger partial charge in [-0.15, -0.1) is 0 Å². The van der Waals surface area contributed by atoms with Gasteiger partial charge in [-0.05, 0) is 61.4 Å². The van der Waals surface area contributed by atoms with Gasteiger partial charge in [0.05, 0.1) is 25.6 Å². The highest BCUT2D eigenvalue weighted by Gasteiger charge is 2.66. The third kappa shape index (κ3) is 2.25. The van der Waals surface area contributed by atoms with Crippen LogP contribution in [-0.2, 0) is 9.59 Å². The SMILES string of the molecule is COc1ccc(N2C(=O)C3(CC3)C(=O)N2c2ccc(OC)cc2)cc1. The molecule has 1 saturated carbocycles. The summed E-state index contributed by atoms with van der Waals surface area (Å²) in [4.78, 5) is 25.9. The highest BCUT2D eigenvalue weighted by molar-refractivity contribution is 6.27. The van der Waals surface area contributed by atoms with Crippen LogP contribution in [0.3, 0.4) is 0 Å². The van der Waals surface area contributed by atoms with Crippen LogP contribution in [0, 0.1) is 5.41 Å². The lowest BCUT2D eigenvalue weighted by Crippen LogP contribution is -2.41. The quantitative estimate of drug-likeness (QED) is 0.805. The van der Waals surface area contributed by atoms with Crippen molar-refractivity contribution in [2.24, 2.45) is 5.41 Å². The molecular formula is C19H18N2O4. The van der Waals surface area contributed by atoms with Crippen molar-refractivity contribution in [3.05, 3.63) is 48.5 Å². The number of carbonyl (C=O) groups is 2. The summed E-state index contributed by atoms with van der Waals surface area (Å²) in [6.45, 7) is 0. The molecule has 6 heteroatoms. The number of benzene rings is 2. The van der Waals surface area contributed by atoms with Crippen molar-refractivity contribution in [2.75, 3.05) is 24.2 Å². The lowest BCUT2D eigenvalue weighted by atomic mass is 10.1. The van der Waals surface area contributed by atoms with Crippen molar-refractivity contribution >= 4 is 23.2 Å². The molecule has 0 aromatic heterocycles. The largest absolute Gasteiger partial charge is 0.497 e. The van der Waals surface area contributed by atoms with E-state index in [1.54, 1.807) is 62.8 Å². The molecule has 1 aliphatic heterocycles. The first-order chi connectivity index (χ1) is 12.1. The summed E-state index contributed by atoms with van der Waals surface area (Å²) in [6.07, 6.45) is 1.20. The smallest absolute Gasteiger partial charge is 0.261 e. The second kappa shape index (κ2) is 5.51. The fraction of sp³-hybridized carbons (Fsp3) is 0.263. The summed E-state index contributed by atoms with van der Waals surface area (Å²) in [7, 11) is 3.17. The number of carbonyl (C=O) groups excluding carboxylic acids is 2. The summed E-state index contributed by atoms with van der Waals surface area (Å²) in [5.41, 5.74) is 0.386. The van der Waals surface area contributed by atoms with E-state index in [1.165, 1.54) is 10.0 Å². The Kier molecular flexibility index (Phi) is 3.42. The molecule has 2 aromatic rings. The van der Waals surface area contributed by atoms with E-state index >= 15 is 0 Å². The summed E-state index contributed by atoms with van der Waals surface area (Å²) in [6, 6.07) is 14.2. The Morgan fingerprint density at radius 2 is 1.08 bits per heavy atom. The number of rotatable bonds is 4. The third-order valence-corrected chi connectivity index (χ3v) is 4.79. The minimum Gasteiger partial charge on any atom is -0.497 e. The maximum absolute atomic E-state index is 13.0. The van der Waals surface area contributed by atoms with E-state index in [2.05, 4.69) is 0 Å². The molecule has 6 nitrogen and oxygen atoms in total. The highest BCUT2D eigenvalue weighted by atomic mass is 16.5. The molecule has 1 aliphatic carbocycles. The molecule has 2 fully saturated rings. The van der Waals surface area contributed by atoms with Crippen LogP contribution in [0.4, 0.5) is 11.4 Å². The predicted octanol–water partition coefficient (Wildman–Crippen LogP) is 2.78. The van der Waals surface area contributed by atoms with Gasteiger partial charge in [-0.25, -0.2) is 10.0 Å². The van der Waals surface area contributed by atoms with E-state index in [1.807, 2.05) is 0 Å². The van der Waals surface area contributed by atoms with Crippen LogP contribution in [0.5, 0.6) is 11.5 Å². The molecule has 2 aliphatic rings. The topological polar surface area (TPSA) is 59.1 Å². The molecule has 1 saturated heterocycles. The van der Waals surface area contributed by atoms with Crippen LogP contribution in [0.2, 0.25) is 0 Å². The minimum atomic E-state index is -0.889. The van der Waals surface area contributed by atoms with Crippen LogP contribution in [0.25, 0.3) is 0 Å². The van der Waals surface area contributed by atoms with E-state index in [0.29, 0.717) is 35.7 Å². The fourth-order valence-corrected chi connectivity index (χ4v) is 3.14. The number of anilines is 2. The van der Waals surface area contributed by atoms with Crippen LogP contribution in [0.1, 0.15) is 12.8 Å². The minimum absolute atomic E-state index is 0.168. The maximum Gasteiger partial charge on any atom is 0.261 e. The molecule has 0 N–H and O–H groups in total. The average Bonchev–Trinajstić information content (AvgIpc) is 3.44. The maximum atomic E-state index is 13.0. The molecule has 25 heavy (non-hydrogen) atoms. The molecule has 0 atom stereocenters. The van der Waals surface area contributed by atoms with Crippen LogP contribution < -0.4 is 19.5 Å². The molecule has 1 spiro atoms. The molecule has 0 unspecified atom stereocenters. The van der Waals surface area contributed by atoms with Gasteiger partial charge in [-0.3, -0.25) is 9.59 Å². The van der Waals surface area contributed by atoms with Crippen LogP contribution in [-0.4, -0.2) is 26.0 Å². The molecule has 128 valence electrons. The van der Waals surface area contributed by atoms with E-state index in [9.17, 15) is 9.59 Å². The van der Waals surface area contributed by atoms with E-state index in [0.717, 1.165) is 0 Å². The lowest BCUT2D eigenvalue weighted by molar-refractivity contribution is -0.128. The van der Waals surface area contributed by atoms with Gasteiger partial charge < -0.3 is 9.47 Å². The molecule has 1 heterocycles. The molecular weight excluding hydrogens is 320 g/mol. The van der Waals surface area contributed by atoms with Crippen molar-refractivity contribution < 1.29 is 19.1 Å². The van der Waals surface area contributed by atoms with Crippen molar-refractivity contribution in [1.82, 2.24) is 0 Å². The van der Waals surface area contributed by atoms with E-state index < -0.39 is 5.41 Å². The van der Waals surface area contributed by atoms with E-state index in [-0.39, 0.29) is 11.8 Å². The number of hydrogen-bond acceptors (Lipinski definition) is 4. The third-order valence-electron chi connectivity index (χ3n) is 4.79. The van der Waals surface area contributed by atoms with Crippen LogP contribution in [0.15, 0.2) is 48.5 Å².